The summed E-state index contributed by atoms with van der Waals surface area (Å²) in [5.41, 5.74) is 2.97. The van der Waals surface area contributed by atoms with E-state index in [1.807, 2.05) is 31.3 Å². The third-order valence-corrected chi connectivity index (χ3v) is 6.82. The van der Waals surface area contributed by atoms with Gasteiger partial charge < -0.3 is 19.9 Å². The van der Waals surface area contributed by atoms with Gasteiger partial charge in [-0.25, -0.2) is 15.0 Å². The summed E-state index contributed by atoms with van der Waals surface area (Å²) in [6.45, 7) is 12.0. The Bertz CT molecular complexity index is 1060. The Morgan fingerprint density at radius 3 is 2.50 bits per heavy atom. The third-order valence-electron chi connectivity index (χ3n) is 6.82. The van der Waals surface area contributed by atoms with Crippen molar-refractivity contribution >= 4 is 11.6 Å². The van der Waals surface area contributed by atoms with Crippen molar-refractivity contribution < 1.29 is 4.74 Å². The number of ether oxygens (including phenoxy) is 1. The molecule has 1 aliphatic heterocycles. The van der Waals surface area contributed by atoms with Crippen molar-refractivity contribution in [3.05, 3.63) is 60.6 Å². The Balaban J connectivity index is 1.46. The summed E-state index contributed by atoms with van der Waals surface area (Å²) in [7, 11) is 2.16. The number of para-hydroxylation sites is 1. The molecule has 0 radical (unpaired) electrons. The van der Waals surface area contributed by atoms with Crippen LogP contribution in [0, 0.1) is 0 Å². The molecule has 1 aromatic carbocycles. The molecule has 4 rings (SSSR count). The zero-order valence-corrected chi connectivity index (χ0v) is 20.8. The van der Waals surface area contributed by atoms with Crippen LogP contribution in [-0.2, 0) is 5.41 Å². The van der Waals surface area contributed by atoms with Gasteiger partial charge in [0.1, 0.15) is 23.7 Å². The average Bonchev–Trinajstić information content (AvgIpc) is 2.88. The highest BCUT2D eigenvalue weighted by Crippen LogP contribution is 2.35. The zero-order chi connectivity index (χ0) is 24.0. The maximum atomic E-state index is 5.91. The lowest BCUT2D eigenvalue weighted by Gasteiger charge is -2.33. The number of aromatic nitrogens is 3. The van der Waals surface area contributed by atoms with Crippen molar-refractivity contribution in [1.82, 2.24) is 19.9 Å². The number of benzene rings is 1. The highest BCUT2D eigenvalue weighted by atomic mass is 16.5. The Labute approximate surface area is 203 Å². The van der Waals surface area contributed by atoms with E-state index in [-0.39, 0.29) is 5.41 Å². The molecule has 0 bridgehead atoms. The van der Waals surface area contributed by atoms with Crippen molar-refractivity contribution in [2.45, 2.75) is 32.6 Å². The van der Waals surface area contributed by atoms with E-state index in [4.69, 9.17) is 9.72 Å². The molecule has 0 unspecified atom stereocenters. The molecule has 1 atom stereocenters. The second-order valence-corrected chi connectivity index (χ2v) is 9.18. The van der Waals surface area contributed by atoms with E-state index in [0.29, 0.717) is 6.61 Å². The van der Waals surface area contributed by atoms with E-state index in [0.717, 1.165) is 67.8 Å². The summed E-state index contributed by atoms with van der Waals surface area (Å²) in [5, 5.41) is 3.54. The quantitative estimate of drug-likeness (QED) is 0.505. The van der Waals surface area contributed by atoms with Gasteiger partial charge in [-0.2, -0.15) is 0 Å². The van der Waals surface area contributed by atoms with Crippen LogP contribution in [0.15, 0.2) is 55.0 Å². The molecule has 7 heteroatoms. The second-order valence-electron chi connectivity index (χ2n) is 9.18. The Morgan fingerprint density at radius 1 is 1.00 bits per heavy atom. The maximum Gasteiger partial charge on any atom is 0.129 e. The molecule has 1 aliphatic rings. The predicted molar refractivity (Wildman–Crippen MR) is 139 cm³/mol. The van der Waals surface area contributed by atoms with Crippen molar-refractivity contribution in [2.75, 3.05) is 56.6 Å². The molecular weight excluding hydrogens is 424 g/mol. The standard InChI is InChI=1S/C27H36N6O/c1-5-27(3,22-9-7-8-10-24(22)34-6-2)19-29-25-17-23(30-20-31-25)21-11-12-26(28-18-21)33-15-13-32(4)14-16-33/h7-12,17-18,20H,5-6,13-16,19H2,1-4H3,(H,29,30,31)/t27-/m1/s1. The highest BCUT2D eigenvalue weighted by molar-refractivity contribution is 5.63. The van der Waals surface area contributed by atoms with Crippen molar-refractivity contribution in [3.8, 4) is 17.0 Å². The fraction of sp³-hybridized carbons (Fsp3) is 0.444. The molecule has 180 valence electrons. The van der Waals surface area contributed by atoms with Crippen LogP contribution in [0.5, 0.6) is 5.75 Å². The van der Waals surface area contributed by atoms with Crippen LogP contribution < -0.4 is 15.0 Å². The number of piperazine rings is 1. The third kappa shape index (κ3) is 5.47. The smallest absolute Gasteiger partial charge is 0.129 e. The number of likely N-dealkylation sites (N-methyl/N-ethyl adjacent to an activating group) is 1. The van der Waals surface area contributed by atoms with Gasteiger partial charge in [-0.1, -0.05) is 32.0 Å². The lowest BCUT2D eigenvalue weighted by atomic mass is 9.79. The van der Waals surface area contributed by atoms with Gasteiger partial charge in [0.05, 0.1) is 12.3 Å². The Kier molecular flexibility index (Phi) is 7.63. The lowest BCUT2D eigenvalue weighted by Crippen LogP contribution is -2.44. The average molecular weight is 461 g/mol. The monoisotopic (exact) mass is 460 g/mol. The molecule has 3 heterocycles. The minimum atomic E-state index is -0.0947. The fourth-order valence-corrected chi connectivity index (χ4v) is 4.31. The van der Waals surface area contributed by atoms with Gasteiger partial charge in [0, 0.05) is 61.5 Å². The maximum absolute atomic E-state index is 5.91. The molecule has 1 N–H and O–H groups in total. The molecule has 0 spiro atoms. The Hall–Kier alpha value is -3.19. The van der Waals surface area contributed by atoms with Crippen LogP contribution in [0.2, 0.25) is 0 Å². The van der Waals surface area contributed by atoms with E-state index in [2.05, 4.69) is 70.2 Å². The number of hydrogen-bond acceptors (Lipinski definition) is 7. The Morgan fingerprint density at radius 2 is 1.79 bits per heavy atom. The molecule has 0 amide bonds. The van der Waals surface area contributed by atoms with E-state index < -0.39 is 0 Å². The van der Waals surface area contributed by atoms with E-state index in [9.17, 15) is 0 Å². The number of hydrogen-bond donors (Lipinski definition) is 1. The summed E-state index contributed by atoms with van der Waals surface area (Å²) < 4.78 is 5.91. The molecule has 34 heavy (non-hydrogen) atoms. The highest BCUT2D eigenvalue weighted by Gasteiger charge is 2.28. The van der Waals surface area contributed by atoms with E-state index >= 15 is 0 Å². The molecule has 7 nitrogen and oxygen atoms in total. The summed E-state index contributed by atoms with van der Waals surface area (Å²) in [5.74, 6) is 2.78. The van der Waals surface area contributed by atoms with Crippen molar-refractivity contribution in [3.63, 3.8) is 0 Å². The molecule has 3 aromatic rings. The first-order valence-corrected chi connectivity index (χ1v) is 12.2. The van der Waals surface area contributed by atoms with Crippen LogP contribution in [0.25, 0.3) is 11.3 Å². The number of nitrogens with zero attached hydrogens (tertiary/aromatic N) is 5. The summed E-state index contributed by atoms with van der Waals surface area (Å²) in [6.07, 6.45) is 4.50. The first-order valence-electron chi connectivity index (χ1n) is 12.2. The fourth-order valence-electron chi connectivity index (χ4n) is 4.31. The van der Waals surface area contributed by atoms with Gasteiger partial charge >= 0.3 is 0 Å². The van der Waals surface area contributed by atoms with Gasteiger partial charge in [0.25, 0.3) is 0 Å². The van der Waals surface area contributed by atoms with Crippen LogP contribution in [0.1, 0.15) is 32.8 Å². The van der Waals surface area contributed by atoms with Crippen LogP contribution in [0.3, 0.4) is 0 Å². The van der Waals surface area contributed by atoms with Crippen molar-refractivity contribution in [1.29, 1.82) is 0 Å². The van der Waals surface area contributed by atoms with Gasteiger partial charge in [0.15, 0.2) is 0 Å². The molecule has 1 fully saturated rings. The summed E-state index contributed by atoms with van der Waals surface area (Å²) in [6, 6.07) is 14.5. The van der Waals surface area contributed by atoms with Crippen LogP contribution >= 0.6 is 0 Å². The second kappa shape index (κ2) is 10.8. The molecule has 0 aliphatic carbocycles. The van der Waals surface area contributed by atoms with Crippen LogP contribution in [-0.4, -0.2) is 66.2 Å². The van der Waals surface area contributed by atoms with Crippen LogP contribution in [0.4, 0.5) is 11.6 Å². The molecular formula is C27H36N6O. The van der Waals surface area contributed by atoms with Gasteiger partial charge in [-0.3, -0.25) is 0 Å². The minimum Gasteiger partial charge on any atom is -0.494 e. The lowest BCUT2D eigenvalue weighted by molar-refractivity contribution is 0.312. The first kappa shape index (κ1) is 24.0. The van der Waals surface area contributed by atoms with Gasteiger partial charge in [-0.15, -0.1) is 0 Å². The number of rotatable bonds is 9. The molecule has 0 saturated carbocycles. The zero-order valence-electron chi connectivity index (χ0n) is 20.8. The normalized spacial score (nSPS) is 16.2. The predicted octanol–water partition coefficient (Wildman–Crippen LogP) is 4.47. The van der Waals surface area contributed by atoms with Crippen molar-refractivity contribution in [2.24, 2.45) is 0 Å². The first-order chi connectivity index (χ1) is 16.5. The minimum absolute atomic E-state index is 0.0947. The molecule has 2 aromatic heterocycles. The van der Waals surface area contributed by atoms with Gasteiger partial charge in [0.2, 0.25) is 0 Å². The summed E-state index contributed by atoms with van der Waals surface area (Å²) in [4.78, 5) is 18.4. The molecule has 1 saturated heterocycles. The largest absolute Gasteiger partial charge is 0.494 e. The van der Waals surface area contributed by atoms with E-state index in [1.165, 1.54) is 5.56 Å². The number of anilines is 2. The SMILES string of the molecule is CCOc1ccccc1[C@](C)(CC)CNc1cc(-c2ccc(N3CCN(C)CC3)nc2)ncn1. The topological polar surface area (TPSA) is 66.4 Å². The number of nitrogens with one attached hydrogen (secondary N) is 1. The van der Waals surface area contributed by atoms with E-state index in [1.54, 1.807) is 6.33 Å². The van der Waals surface area contributed by atoms with Gasteiger partial charge in [-0.05, 0) is 38.6 Å². The summed E-state index contributed by atoms with van der Waals surface area (Å²) >= 11 is 0. The number of pyridine rings is 1.